The molecule has 1 unspecified atom stereocenters. The molecule has 0 saturated heterocycles. The molecule has 0 aliphatic carbocycles. The molecule has 0 saturated carbocycles. The van der Waals surface area contributed by atoms with Crippen LogP contribution < -0.4 is 11.5 Å². The van der Waals surface area contributed by atoms with Gasteiger partial charge in [-0.15, -0.1) is 0 Å². The van der Waals surface area contributed by atoms with Crippen LogP contribution in [0.15, 0.2) is 0 Å². The first-order chi connectivity index (χ1) is 16.3. The van der Waals surface area contributed by atoms with Crippen molar-refractivity contribution in [1.29, 1.82) is 0 Å². The summed E-state index contributed by atoms with van der Waals surface area (Å²) in [6.07, 6.45) is 39.9. The summed E-state index contributed by atoms with van der Waals surface area (Å²) in [6.45, 7) is 3.04. The van der Waals surface area contributed by atoms with Crippen molar-refractivity contribution in [1.82, 2.24) is 0 Å². The van der Waals surface area contributed by atoms with Gasteiger partial charge in [0.1, 0.15) is 0 Å². The number of hydrogen-bond donors (Lipinski definition) is 2. The second kappa shape index (κ2) is 30.0. The highest BCUT2D eigenvalue weighted by Gasteiger charge is 2.00. The van der Waals surface area contributed by atoms with Gasteiger partial charge in [0, 0.05) is 6.04 Å². The summed E-state index contributed by atoms with van der Waals surface area (Å²) in [4.78, 5) is 0. The maximum absolute atomic E-state index is 6.01. The van der Waals surface area contributed by atoms with Crippen molar-refractivity contribution >= 4 is 0 Å². The Hall–Kier alpha value is -0.0800. The maximum atomic E-state index is 6.01. The smallest absolute Gasteiger partial charge is 0.00508 e. The van der Waals surface area contributed by atoms with Gasteiger partial charge in [-0.05, 0) is 19.4 Å². The minimum Gasteiger partial charge on any atom is -0.330 e. The van der Waals surface area contributed by atoms with Crippen LogP contribution in [0.5, 0.6) is 0 Å². The van der Waals surface area contributed by atoms with Gasteiger partial charge >= 0.3 is 0 Å². The van der Waals surface area contributed by atoms with Gasteiger partial charge in [0.2, 0.25) is 0 Å². The van der Waals surface area contributed by atoms with Crippen molar-refractivity contribution < 1.29 is 0 Å². The second-order valence-corrected chi connectivity index (χ2v) is 11.0. The summed E-state index contributed by atoms with van der Waals surface area (Å²) in [5.74, 6) is 0. The Balaban J connectivity index is 3.03. The molecule has 0 aromatic heterocycles. The number of nitrogens with two attached hydrogens (primary N) is 2. The van der Waals surface area contributed by atoms with Crippen molar-refractivity contribution in [2.24, 2.45) is 11.5 Å². The van der Waals surface area contributed by atoms with Crippen LogP contribution in [0, 0.1) is 0 Å². The standard InChI is InChI=1S/C31H66N2/c1-2-3-4-5-6-7-8-9-10-11-12-13-14-15-16-17-18-19-20-21-22-23-24-25-26-27-28-31(33)29-30-32/h31H,2-30,32-33H2,1H3. The first kappa shape index (κ1) is 32.9. The highest BCUT2D eigenvalue weighted by atomic mass is 14.6. The lowest BCUT2D eigenvalue weighted by Gasteiger charge is -2.09. The Morgan fingerprint density at radius 2 is 0.606 bits per heavy atom. The molecule has 0 bridgehead atoms. The normalized spacial score (nSPS) is 12.5. The lowest BCUT2D eigenvalue weighted by atomic mass is 10.0. The van der Waals surface area contributed by atoms with Gasteiger partial charge < -0.3 is 11.5 Å². The van der Waals surface area contributed by atoms with E-state index in [-0.39, 0.29) is 0 Å². The van der Waals surface area contributed by atoms with Crippen LogP contribution in [0.3, 0.4) is 0 Å². The molecule has 0 aromatic carbocycles. The summed E-state index contributed by atoms with van der Waals surface area (Å²) in [6, 6.07) is 0.337. The van der Waals surface area contributed by atoms with Crippen LogP contribution in [0.1, 0.15) is 187 Å². The van der Waals surface area contributed by atoms with Crippen LogP contribution in [-0.2, 0) is 0 Å². The van der Waals surface area contributed by atoms with Crippen molar-refractivity contribution in [2.45, 2.75) is 193 Å². The first-order valence-corrected chi connectivity index (χ1v) is 15.8. The Labute approximate surface area is 210 Å². The first-order valence-electron chi connectivity index (χ1n) is 15.8. The number of rotatable bonds is 29. The molecule has 0 radical (unpaired) electrons. The molecule has 200 valence electrons. The molecular weight excluding hydrogens is 400 g/mol. The molecule has 0 amide bonds. The molecule has 1 atom stereocenters. The van der Waals surface area contributed by atoms with Crippen LogP contribution in [0.2, 0.25) is 0 Å². The van der Waals surface area contributed by atoms with E-state index < -0.39 is 0 Å². The van der Waals surface area contributed by atoms with E-state index in [1.165, 1.54) is 167 Å². The number of hydrogen-bond acceptors (Lipinski definition) is 2. The lowest BCUT2D eigenvalue weighted by molar-refractivity contribution is 0.502. The van der Waals surface area contributed by atoms with E-state index in [0.29, 0.717) is 6.04 Å². The van der Waals surface area contributed by atoms with E-state index in [4.69, 9.17) is 11.5 Å². The topological polar surface area (TPSA) is 52.0 Å². The molecule has 4 N–H and O–H groups in total. The molecule has 0 aliphatic rings. The molecular formula is C31H66N2. The fourth-order valence-electron chi connectivity index (χ4n) is 5.08. The lowest BCUT2D eigenvalue weighted by Crippen LogP contribution is -2.23. The summed E-state index contributed by atoms with van der Waals surface area (Å²) in [5, 5.41) is 0. The molecule has 33 heavy (non-hydrogen) atoms. The molecule has 2 nitrogen and oxygen atoms in total. The largest absolute Gasteiger partial charge is 0.330 e. The molecule has 2 heteroatoms. The second-order valence-electron chi connectivity index (χ2n) is 11.0. The average molecular weight is 467 g/mol. The molecule has 0 rings (SSSR count). The summed E-state index contributed by atoms with van der Waals surface area (Å²) >= 11 is 0. The molecule has 0 spiro atoms. The average Bonchev–Trinajstić information content (AvgIpc) is 2.81. The fourth-order valence-corrected chi connectivity index (χ4v) is 5.08. The quantitative estimate of drug-likeness (QED) is 0.108. The predicted octanol–water partition coefficient (Wildman–Crippen LogP) is 10.2. The highest BCUT2D eigenvalue weighted by molar-refractivity contribution is 4.61. The Morgan fingerprint density at radius 1 is 0.364 bits per heavy atom. The van der Waals surface area contributed by atoms with Crippen LogP contribution >= 0.6 is 0 Å². The van der Waals surface area contributed by atoms with E-state index >= 15 is 0 Å². The van der Waals surface area contributed by atoms with Gasteiger partial charge in [0.05, 0.1) is 0 Å². The van der Waals surface area contributed by atoms with E-state index in [2.05, 4.69) is 6.92 Å². The minimum absolute atomic E-state index is 0.337. The van der Waals surface area contributed by atoms with Gasteiger partial charge in [-0.1, -0.05) is 174 Å². The maximum Gasteiger partial charge on any atom is 0.00508 e. The Morgan fingerprint density at radius 3 is 0.848 bits per heavy atom. The Kier molecular flexibility index (Phi) is 29.9. The SMILES string of the molecule is CCCCCCCCCCCCCCCCCCCCCCCCCCCCC(N)CCN. The molecule has 0 heterocycles. The van der Waals surface area contributed by atoms with Gasteiger partial charge in [-0.2, -0.15) is 0 Å². The monoisotopic (exact) mass is 467 g/mol. The molecule has 0 aromatic rings. The van der Waals surface area contributed by atoms with Crippen molar-refractivity contribution in [2.75, 3.05) is 6.54 Å². The van der Waals surface area contributed by atoms with Crippen LogP contribution in [0.25, 0.3) is 0 Å². The summed E-state index contributed by atoms with van der Waals surface area (Å²) in [7, 11) is 0. The third-order valence-corrected chi connectivity index (χ3v) is 7.47. The van der Waals surface area contributed by atoms with Crippen molar-refractivity contribution in [3.05, 3.63) is 0 Å². The third-order valence-electron chi connectivity index (χ3n) is 7.47. The van der Waals surface area contributed by atoms with Gasteiger partial charge in [-0.25, -0.2) is 0 Å². The van der Waals surface area contributed by atoms with E-state index in [1.807, 2.05) is 0 Å². The Bertz CT molecular complexity index is 331. The highest BCUT2D eigenvalue weighted by Crippen LogP contribution is 2.16. The van der Waals surface area contributed by atoms with E-state index in [9.17, 15) is 0 Å². The summed E-state index contributed by atoms with van der Waals surface area (Å²) < 4.78 is 0. The minimum atomic E-state index is 0.337. The molecule has 0 aliphatic heterocycles. The zero-order valence-corrected chi connectivity index (χ0v) is 23.2. The fraction of sp³-hybridized carbons (Fsp3) is 1.00. The van der Waals surface area contributed by atoms with E-state index in [0.717, 1.165) is 19.4 Å². The summed E-state index contributed by atoms with van der Waals surface area (Å²) in [5.41, 5.74) is 11.6. The molecule has 0 fully saturated rings. The van der Waals surface area contributed by atoms with Crippen molar-refractivity contribution in [3.8, 4) is 0 Å². The van der Waals surface area contributed by atoms with E-state index in [1.54, 1.807) is 0 Å². The zero-order chi connectivity index (χ0) is 24.1. The zero-order valence-electron chi connectivity index (χ0n) is 23.2. The van der Waals surface area contributed by atoms with Gasteiger partial charge in [0.25, 0.3) is 0 Å². The van der Waals surface area contributed by atoms with Crippen LogP contribution in [-0.4, -0.2) is 12.6 Å². The van der Waals surface area contributed by atoms with Gasteiger partial charge in [0.15, 0.2) is 0 Å². The number of unbranched alkanes of at least 4 members (excludes halogenated alkanes) is 25. The predicted molar refractivity (Wildman–Crippen MR) is 152 cm³/mol. The van der Waals surface area contributed by atoms with Crippen molar-refractivity contribution in [3.63, 3.8) is 0 Å². The third kappa shape index (κ3) is 29.9. The van der Waals surface area contributed by atoms with Gasteiger partial charge in [-0.3, -0.25) is 0 Å². The van der Waals surface area contributed by atoms with Crippen LogP contribution in [0.4, 0.5) is 0 Å².